The molecule has 0 saturated carbocycles. The Hall–Kier alpha value is -5.85. The monoisotopic (exact) mass is 625 g/mol. The van der Waals surface area contributed by atoms with Crippen molar-refractivity contribution < 1.29 is 19.5 Å². The highest BCUT2D eigenvalue weighted by molar-refractivity contribution is 6.06. The van der Waals surface area contributed by atoms with Crippen molar-refractivity contribution in [1.29, 1.82) is 0 Å². The highest BCUT2D eigenvalue weighted by atomic mass is 16.4. The topological polar surface area (TPSA) is 130 Å². The molecule has 0 saturated heterocycles. The van der Waals surface area contributed by atoms with Gasteiger partial charge in [-0.25, -0.2) is 15.6 Å². The molecule has 1 unspecified atom stereocenters. The molecule has 2 heterocycles. The predicted molar refractivity (Wildman–Crippen MR) is 181 cm³/mol. The number of amides is 2. The Kier molecular flexibility index (Phi) is 10.0. The molecule has 3 N–H and O–H groups in total. The van der Waals surface area contributed by atoms with E-state index < -0.39 is 12.0 Å². The van der Waals surface area contributed by atoms with Crippen LogP contribution in [-0.2, 0) is 11.2 Å². The third kappa shape index (κ3) is 7.87. The average molecular weight is 626 g/mol. The third-order valence-corrected chi connectivity index (χ3v) is 7.58. The molecule has 9 heteroatoms. The van der Waals surface area contributed by atoms with Crippen molar-refractivity contribution in [3.05, 3.63) is 131 Å². The van der Waals surface area contributed by atoms with Gasteiger partial charge in [0.2, 0.25) is 0 Å². The lowest BCUT2D eigenvalue weighted by Crippen LogP contribution is -2.48. The van der Waals surface area contributed by atoms with E-state index in [1.807, 2.05) is 68.4 Å². The zero-order valence-electron chi connectivity index (χ0n) is 26.4. The molecule has 0 bridgehead atoms. The van der Waals surface area contributed by atoms with E-state index in [1.54, 1.807) is 48.8 Å². The van der Waals surface area contributed by atoms with E-state index in [1.165, 1.54) is 11.9 Å². The maximum absolute atomic E-state index is 13.6. The van der Waals surface area contributed by atoms with Gasteiger partial charge in [-0.3, -0.25) is 19.6 Å². The van der Waals surface area contributed by atoms with Crippen LogP contribution in [0.4, 0.5) is 0 Å². The molecule has 47 heavy (non-hydrogen) atoms. The molecule has 236 valence electrons. The molecule has 0 aliphatic carbocycles. The summed E-state index contributed by atoms with van der Waals surface area (Å²) in [6.07, 6.45) is 3.45. The molecule has 0 aliphatic rings. The number of rotatable bonds is 9. The van der Waals surface area contributed by atoms with Crippen LogP contribution in [0.3, 0.4) is 0 Å². The second kappa shape index (κ2) is 14.5. The summed E-state index contributed by atoms with van der Waals surface area (Å²) in [5.41, 5.74) is 5.20. The minimum absolute atomic E-state index is 0.0830. The second-order valence-corrected chi connectivity index (χ2v) is 11.7. The van der Waals surface area contributed by atoms with Crippen LogP contribution in [-0.4, -0.2) is 62.4 Å². The summed E-state index contributed by atoms with van der Waals surface area (Å²) in [5.74, 6) is 10.4. The molecule has 5 aromatic rings. The molecule has 0 fully saturated rings. The SMILES string of the molecule is CC(C)CN(C(=O)c1ccc(C#Cc2ccc(-c3cc(C(=O)N(C)N)c4cnccc4n3)cc2)cc1)C(Cc1ccccc1)C(=O)O. The highest BCUT2D eigenvalue weighted by Gasteiger charge is 2.31. The number of fused-ring (bicyclic) bond motifs is 1. The van der Waals surface area contributed by atoms with Crippen LogP contribution in [0.15, 0.2) is 103 Å². The van der Waals surface area contributed by atoms with Gasteiger partial charge in [-0.15, -0.1) is 0 Å². The summed E-state index contributed by atoms with van der Waals surface area (Å²) >= 11 is 0. The maximum Gasteiger partial charge on any atom is 0.326 e. The van der Waals surface area contributed by atoms with Gasteiger partial charge < -0.3 is 10.0 Å². The van der Waals surface area contributed by atoms with Crippen molar-refractivity contribution in [3.8, 4) is 23.1 Å². The normalized spacial score (nSPS) is 11.4. The first-order valence-electron chi connectivity index (χ1n) is 15.2. The Bertz CT molecular complexity index is 1960. The van der Waals surface area contributed by atoms with Crippen LogP contribution in [0.2, 0.25) is 0 Å². The molecular formula is C38H35N5O4. The summed E-state index contributed by atoms with van der Waals surface area (Å²) in [5, 5.41) is 11.7. The zero-order chi connectivity index (χ0) is 33.5. The van der Waals surface area contributed by atoms with Crippen molar-refractivity contribution in [3.63, 3.8) is 0 Å². The number of carbonyl (C=O) groups excluding carboxylic acids is 2. The van der Waals surface area contributed by atoms with Crippen LogP contribution in [0.1, 0.15) is 51.3 Å². The summed E-state index contributed by atoms with van der Waals surface area (Å²) in [4.78, 5) is 49.0. The summed E-state index contributed by atoms with van der Waals surface area (Å²) in [6.45, 7) is 4.23. The molecule has 2 aromatic heterocycles. The van der Waals surface area contributed by atoms with Crippen molar-refractivity contribution in [2.75, 3.05) is 13.6 Å². The van der Waals surface area contributed by atoms with Gasteiger partial charge in [0.25, 0.3) is 11.8 Å². The maximum atomic E-state index is 13.6. The van der Waals surface area contributed by atoms with Gasteiger partial charge >= 0.3 is 5.97 Å². The smallest absolute Gasteiger partial charge is 0.326 e. The molecule has 0 spiro atoms. The molecule has 2 amide bonds. The fraction of sp³-hybridized carbons (Fsp3) is 0.184. The van der Waals surface area contributed by atoms with E-state index in [4.69, 9.17) is 10.8 Å². The van der Waals surface area contributed by atoms with Crippen LogP contribution in [0.25, 0.3) is 22.2 Å². The van der Waals surface area contributed by atoms with Crippen LogP contribution in [0, 0.1) is 17.8 Å². The molecule has 0 radical (unpaired) electrons. The fourth-order valence-corrected chi connectivity index (χ4v) is 5.23. The number of carboxylic acids is 1. The summed E-state index contributed by atoms with van der Waals surface area (Å²) in [6, 6.07) is 26.2. The largest absolute Gasteiger partial charge is 0.480 e. The molecule has 3 aromatic carbocycles. The zero-order valence-corrected chi connectivity index (χ0v) is 26.4. The number of benzene rings is 3. The highest BCUT2D eigenvalue weighted by Crippen LogP contribution is 2.25. The summed E-state index contributed by atoms with van der Waals surface area (Å²) < 4.78 is 0. The van der Waals surface area contributed by atoms with E-state index in [0.29, 0.717) is 39.8 Å². The number of hydrogen-bond donors (Lipinski definition) is 2. The van der Waals surface area contributed by atoms with Gasteiger partial charge in [0.1, 0.15) is 6.04 Å². The third-order valence-electron chi connectivity index (χ3n) is 7.58. The van der Waals surface area contributed by atoms with E-state index in [2.05, 4.69) is 16.8 Å². The van der Waals surface area contributed by atoms with Gasteiger partial charge in [0, 0.05) is 60.0 Å². The minimum atomic E-state index is -1.04. The first kappa shape index (κ1) is 32.5. The number of hydrazine groups is 1. The molecule has 5 rings (SSSR count). The van der Waals surface area contributed by atoms with E-state index >= 15 is 0 Å². The Morgan fingerprint density at radius 3 is 2.11 bits per heavy atom. The van der Waals surface area contributed by atoms with Crippen LogP contribution >= 0.6 is 0 Å². The lowest BCUT2D eigenvalue weighted by molar-refractivity contribution is -0.142. The lowest BCUT2D eigenvalue weighted by Gasteiger charge is -2.31. The first-order chi connectivity index (χ1) is 22.6. The van der Waals surface area contributed by atoms with E-state index in [9.17, 15) is 19.5 Å². The van der Waals surface area contributed by atoms with Crippen LogP contribution < -0.4 is 5.84 Å². The number of carboxylic acid groups (broad SMARTS) is 1. The second-order valence-electron chi connectivity index (χ2n) is 11.7. The van der Waals surface area contributed by atoms with E-state index in [0.717, 1.165) is 21.7 Å². The van der Waals surface area contributed by atoms with Crippen molar-refractivity contribution >= 4 is 28.7 Å². The fourth-order valence-electron chi connectivity index (χ4n) is 5.23. The van der Waals surface area contributed by atoms with Gasteiger partial charge in [0.15, 0.2) is 0 Å². The number of nitrogens with two attached hydrogens (primary N) is 1. The van der Waals surface area contributed by atoms with Crippen molar-refractivity contribution in [1.82, 2.24) is 19.9 Å². The van der Waals surface area contributed by atoms with E-state index in [-0.39, 0.29) is 24.2 Å². The Morgan fingerprint density at radius 1 is 0.872 bits per heavy atom. The van der Waals surface area contributed by atoms with Crippen LogP contribution in [0.5, 0.6) is 0 Å². The van der Waals surface area contributed by atoms with Gasteiger partial charge in [-0.05, 0) is 60.0 Å². The molecule has 1 atom stereocenters. The summed E-state index contributed by atoms with van der Waals surface area (Å²) in [7, 11) is 1.49. The number of pyridine rings is 2. The van der Waals surface area contributed by atoms with Gasteiger partial charge in [-0.2, -0.15) is 0 Å². The molecular weight excluding hydrogens is 590 g/mol. The molecule has 9 nitrogen and oxygen atoms in total. The van der Waals surface area contributed by atoms with Gasteiger partial charge in [-0.1, -0.05) is 68.2 Å². The molecule has 0 aliphatic heterocycles. The minimum Gasteiger partial charge on any atom is -0.480 e. The number of aromatic nitrogens is 2. The lowest BCUT2D eigenvalue weighted by atomic mass is 10.0. The van der Waals surface area contributed by atoms with Crippen molar-refractivity contribution in [2.24, 2.45) is 11.8 Å². The number of carbonyl (C=O) groups is 3. The Balaban J connectivity index is 1.34. The standard InChI is InChI=1S/C38H35N5O4/c1-25(2)24-43(35(38(46)47)21-28-7-5-4-6-8-28)36(44)30-17-13-27(14-18-30)10-9-26-11-15-29(16-12-26)34-22-31(37(45)42(3)39)32-23-40-20-19-33(32)41-34/h4-8,11-20,22-23,25,35H,21,24,39H2,1-3H3,(H,46,47). The van der Waals surface area contributed by atoms with Crippen molar-refractivity contribution in [2.45, 2.75) is 26.3 Å². The Morgan fingerprint density at radius 2 is 1.51 bits per heavy atom. The Labute approximate surface area is 273 Å². The predicted octanol–water partition coefficient (Wildman–Crippen LogP) is 5.44. The number of nitrogens with zero attached hydrogens (tertiary/aromatic N) is 4. The first-order valence-corrected chi connectivity index (χ1v) is 15.2. The number of aliphatic carboxylic acids is 1. The van der Waals surface area contributed by atoms with Gasteiger partial charge in [0.05, 0.1) is 16.8 Å². The number of hydrogen-bond acceptors (Lipinski definition) is 6. The average Bonchev–Trinajstić information content (AvgIpc) is 3.08. The quantitative estimate of drug-likeness (QED) is 0.0966.